The first-order valence-electron chi connectivity index (χ1n) is 12.3. The van der Waals surface area contributed by atoms with Crippen LogP contribution in [0.3, 0.4) is 0 Å². The van der Waals surface area contributed by atoms with Crippen molar-refractivity contribution in [3.63, 3.8) is 0 Å². The van der Waals surface area contributed by atoms with Gasteiger partial charge in [-0.3, -0.25) is 19.6 Å². The summed E-state index contributed by atoms with van der Waals surface area (Å²) < 4.78 is 20.9. The fraction of sp³-hybridized carbons (Fsp3) is 0.357. The molecule has 0 radical (unpaired) electrons. The number of fused-ring (bicyclic) bond motifs is 1. The van der Waals surface area contributed by atoms with E-state index in [1.807, 2.05) is 42.5 Å². The van der Waals surface area contributed by atoms with E-state index in [0.29, 0.717) is 31.7 Å². The van der Waals surface area contributed by atoms with Crippen LogP contribution in [0.5, 0.6) is 5.75 Å². The first-order valence-corrected chi connectivity index (χ1v) is 12.3. The molecular weight excluding hydrogens is 443 g/mol. The number of rotatable bonds is 7. The SMILES string of the molecule is O=C(NCCN1Cc2ccccc2O[C@H](c2ccccc2F)C1)[C@@H](c1cccnc1)N1CCCC1. The minimum Gasteiger partial charge on any atom is -0.484 e. The number of carbonyl (C=O) groups excluding carboxylic acids is 1. The normalized spacial score (nSPS) is 19.4. The summed E-state index contributed by atoms with van der Waals surface area (Å²) in [5.74, 6) is 0.505. The number of carbonyl (C=O) groups is 1. The van der Waals surface area contributed by atoms with Crippen LogP contribution in [0, 0.1) is 5.82 Å². The summed E-state index contributed by atoms with van der Waals surface area (Å²) in [4.78, 5) is 22.0. The van der Waals surface area contributed by atoms with Crippen LogP contribution in [0.4, 0.5) is 4.39 Å². The number of pyridine rings is 1. The molecule has 1 amide bonds. The number of hydrogen-bond acceptors (Lipinski definition) is 5. The van der Waals surface area contributed by atoms with Gasteiger partial charge in [0, 0.05) is 49.7 Å². The molecule has 0 unspecified atom stereocenters. The van der Waals surface area contributed by atoms with Crippen LogP contribution in [0.25, 0.3) is 0 Å². The zero-order valence-corrected chi connectivity index (χ0v) is 19.8. The van der Waals surface area contributed by atoms with Gasteiger partial charge in [0.25, 0.3) is 0 Å². The second-order valence-electron chi connectivity index (χ2n) is 9.19. The maximum atomic E-state index is 14.6. The third-order valence-corrected chi connectivity index (χ3v) is 6.79. The molecular formula is C28H31FN4O2. The number of benzene rings is 2. The molecule has 0 spiro atoms. The highest BCUT2D eigenvalue weighted by Crippen LogP contribution is 2.32. The molecule has 3 heterocycles. The van der Waals surface area contributed by atoms with E-state index in [1.165, 1.54) is 6.07 Å². The highest BCUT2D eigenvalue weighted by atomic mass is 19.1. The van der Waals surface area contributed by atoms with Gasteiger partial charge < -0.3 is 10.1 Å². The number of ether oxygens (including phenoxy) is 1. The van der Waals surface area contributed by atoms with Crippen LogP contribution in [0.1, 0.15) is 41.7 Å². The lowest BCUT2D eigenvalue weighted by Gasteiger charge is -2.28. The number of aromatic nitrogens is 1. The Bertz CT molecular complexity index is 1140. The van der Waals surface area contributed by atoms with Gasteiger partial charge in [0.2, 0.25) is 5.91 Å². The van der Waals surface area contributed by atoms with Gasteiger partial charge in [-0.05, 0) is 49.7 Å². The van der Waals surface area contributed by atoms with E-state index < -0.39 is 6.10 Å². The van der Waals surface area contributed by atoms with Gasteiger partial charge in [-0.1, -0.05) is 42.5 Å². The van der Waals surface area contributed by atoms with Crippen molar-refractivity contribution in [2.24, 2.45) is 0 Å². The molecule has 7 heteroatoms. The summed E-state index contributed by atoms with van der Waals surface area (Å²) >= 11 is 0. The molecule has 0 bridgehead atoms. The Morgan fingerprint density at radius 1 is 1.09 bits per heavy atom. The van der Waals surface area contributed by atoms with Crippen LogP contribution >= 0.6 is 0 Å². The largest absolute Gasteiger partial charge is 0.484 e. The van der Waals surface area contributed by atoms with Gasteiger partial charge in [-0.2, -0.15) is 0 Å². The van der Waals surface area contributed by atoms with Crippen molar-refractivity contribution in [3.8, 4) is 5.75 Å². The van der Waals surface area contributed by atoms with E-state index in [4.69, 9.17) is 4.74 Å². The van der Waals surface area contributed by atoms with Crippen LogP contribution in [0.2, 0.25) is 0 Å². The number of nitrogens with zero attached hydrogens (tertiary/aromatic N) is 3. The molecule has 2 aromatic carbocycles. The number of nitrogens with one attached hydrogen (secondary N) is 1. The summed E-state index contributed by atoms with van der Waals surface area (Å²) in [6.07, 6.45) is 5.30. The minimum atomic E-state index is -0.428. The number of hydrogen-bond donors (Lipinski definition) is 1. The van der Waals surface area contributed by atoms with Gasteiger partial charge in [-0.25, -0.2) is 4.39 Å². The van der Waals surface area contributed by atoms with Crippen LogP contribution < -0.4 is 10.1 Å². The van der Waals surface area contributed by atoms with Gasteiger partial charge in [0.15, 0.2) is 0 Å². The monoisotopic (exact) mass is 474 g/mol. The Hall–Kier alpha value is -3.29. The van der Waals surface area contributed by atoms with Gasteiger partial charge in [0.05, 0.1) is 0 Å². The third kappa shape index (κ3) is 5.52. The Balaban J connectivity index is 1.28. The van der Waals surface area contributed by atoms with Crippen molar-refractivity contribution in [2.75, 3.05) is 32.7 Å². The van der Waals surface area contributed by atoms with Gasteiger partial charge in [0.1, 0.15) is 23.7 Å². The number of amides is 1. The number of likely N-dealkylation sites (tertiary alicyclic amines) is 1. The Morgan fingerprint density at radius 3 is 2.69 bits per heavy atom. The molecule has 1 N–H and O–H groups in total. The Kier molecular flexibility index (Phi) is 7.35. The standard InChI is InChI=1S/C28H31FN4O2/c29-24-11-3-2-10-23(24)26-20-32(19-22-8-1-4-12-25(22)35-26)17-14-31-28(34)27(33-15-5-6-16-33)21-9-7-13-30-18-21/h1-4,7-13,18,26-27H,5-6,14-17,19-20H2,(H,31,34)/t26-,27+/m0/s1. The average molecular weight is 475 g/mol. The predicted octanol–water partition coefficient (Wildman–Crippen LogP) is 4.11. The van der Waals surface area contributed by atoms with Crippen molar-refractivity contribution in [2.45, 2.75) is 31.5 Å². The quantitative estimate of drug-likeness (QED) is 0.559. The average Bonchev–Trinajstić information content (AvgIpc) is 3.33. The summed E-state index contributed by atoms with van der Waals surface area (Å²) in [6, 6.07) is 18.2. The Morgan fingerprint density at radius 2 is 1.89 bits per heavy atom. The summed E-state index contributed by atoms with van der Waals surface area (Å²) in [7, 11) is 0. The fourth-order valence-corrected chi connectivity index (χ4v) is 5.05. The highest BCUT2D eigenvalue weighted by molar-refractivity contribution is 5.83. The van der Waals surface area contributed by atoms with Crippen molar-refractivity contribution in [1.82, 2.24) is 20.1 Å². The van der Waals surface area contributed by atoms with E-state index in [9.17, 15) is 9.18 Å². The van der Waals surface area contributed by atoms with Crippen molar-refractivity contribution in [3.05, 3.63) is 95.6 Å². The maximum Gasteiger partial charge on any atom is 0.242 e. The molecule has 6 nitrogen and oxygen atoms in total. The molecule has 2 aliphatic heterocycles. The lowest BCUT2D eigenvalue weighted by Crippen LogP contribution is -2.42. The summed E-state index contributed by atoms with van der Waals surface area (Å²) in [6.45, 7) is 4.16. The number of halogens is 1. The van der Waals surface area contributed by atoms with Crippen LogP contribution in [-0.4, -0.2) is 53.4 Å². The zero-order chi connectivity index (χ0) is 24.0. The van der Waals surface area contributed by atoms with Gasteiger partial charge >= 0.3 is 0 Å². The van der Waals surface area contributed by atoms with E-state index in [0.717, 1.165) is 42.8 Å². The molecule has 1 saturated heterocycles. The Labute approximate surface area is 205 Å². The molecule has 1 fully saturated rings. The van der Waals surface area contributed by atoms with E-state index in [1.54, 1.807) is 24.5 Å². The topological polar surface area (TPSA) is 57.7 Å². The van der Waals surface area contributed by atoms with Crippen LogP contribution in [-0.2, 0) is 11.3 Å². The number of para-hydroxylation sites is 1. The molecule has 182 valence electrons. The molecule has 35 heavy (non-hydrogen) atoms. The fourth-order valence-electron chi connectivity index (χ4n) is 5.05. The molecule has 2 aliphatic rings. The lowest BCUT2D eigenvalue weighted by atomic mass is 10.1. The molecule has 0 aliphatic carbocycles. The second-order valence-corrected chi connectivity index (χ2v) is 9.19. The minimum absolute atomic E-state index is 0.00275. The second kappa shape index (κ2) is 11.0. The zero-order valence-electron chi connectivity index (χ0n) is 19.8. The maximum absolute atomic E-state index is 14.6. The van der Waals surface area contributed by atoms with Crippen molar-refractivity contribution in [1.29, 1.82) is 0 Å². The lowest BCUT2D eigenvalue weighted by molar-refractivity contribution is -0.126. The van der Waals surface area contributed by atoms with E-state index in [2.05, 4.69) is 20.1 Å². The first-order chi connectivity index (χ1) is 17.2. The predicted molar refractivity (Wildman–Crippen MR) is 132 cm³/mol. The van der Waals surface area contributed by atoms with Crippen molar-refractivity contribution < 1.29 is 13.9 Å². The molecule has 1 aromatic heterocycles. The molecule has 0 saturated carbocycles. The van der Waals surface area contributed by atoms with Crippen molar-refractivity contribution >= 4 is 5.91 Å². The third-order valence-electron chi connectivity index (χ3n) is 6.79. The van der Waals surface area contributed by atoms with E-state index >= 15 is 0 Å². The molecule has 5 rings (SSSR count). The first kappa shape index (κ1) is 23.5. The highest BCUT2D eigenvalue weighted by Gasteiger charge is 2.30. The summed E-state index contributed by atoms with van der Waals surface area (Å²) in [5.41, 5.74) is 2.52. The van der Waals surface area contributed by atoms with E-state index in [-0.39, 0.29) is 17.8 Å². The smallest absolute Gasteiger partial charge is 0.242 e. The molecule has 3 aromatic rings. The van der Waals surface area contributed by atoms with Gasteiger partial charge in [-0.15, -0.1) is 0 Å². The van der Waals surface area contributed by atoms with Crippen LogP contribution in [0.15, 0.2) is 73.1 Å². The summed E-state index contributed by atoms with van der Waals surface area (Å²) in [5, 5.41) is 3.15. The molecule has 2 atom stereocenters.